The number of rotatable bonds is 8. The summed E-state index contributed by atoms with van der Waals surface area (Å²) < 4.78 is 11.7. The molecule has 0 radical (unpaired) electrons. The van der Waals surface area contributed by atoms with Crippen molar-refractivity contribution in [3.8, 4) is 0 Å². The van der Waals surface area contributed by atoms with Crippen LogP contribution in [0.2, 0.25) is 0 Å². The topological polar surface area (TPSA) is 21.7 Å². The average Bonchev–Trinajstić information content (AvgIpc) is 2.37. The van der Waals surface area contributed by atoms with E-state index in [4.69, 9.17) is 9.47 Å². The van der Waals surface area contributed by atoms with E-state index in [1.807, 2.05) is 0 Å². The third-order valence-corrected chi connectivity index (χ3v) is 3.63. The van der Waals surface area contributed by atoms with Crippen molar-refractivity contribution in [2.24, 2.45) is 0 Å². The molecule has 0 bridgehead atoms. The van der Waals surface area contributed by atoms with Crippen molar-refractivity contribution in [1.82, 2.24) is 4.90 Å². The van der Waals surface area contributed by atoms with Crippen LogP contribution < -0.4 is 0 Å². The summed E-state index contributed by atoms with van der Waals surface area (Å²) >= 11 is 2.33. The molecule has 0 aromatic heterocycles. The zero-order valence-electron chi connectivity index (χ0n) is 11.4. The first-order valence-corrected chi connectivity index (χ1v) is 7.21. The van der Waals surface area contributed by atoms with Crippen molar-refractivity contribution in [2.75, 3.05) is 34.0 Å². The normalized spacial score (nSPS) is 12.9. The molecule has 1 atom stereocenters. The Morgan fingerprint density at radius 1 is 1.17 bits per heavy atom. The number of nitrogens with zero attached hydrogens (tertiary/aromatic N) is 1. The lowest BCUT2D eigenvalue weighted by atomic mass is 10.2. The fraction of sp³-hybridized carbons (Fsp3) is 0.571. The van der Waals surface area contributed by atoms with Gasteiger partial charge in [0, 0.05) is 36.9 Å². The van der Waals surface area contributed by atoms with Crippen molar-refractivity contribution in [3.05, 3.63) is 33.4 Å². The Kier molecular flexibility index (Phi) is 7.81. The predicted molar refractivity (Wildman–Crippen MR) is 82.8 cm³/mol. The van der Waals surface area contributed by atoms with E-state index in [0.717, 1.165) is 26.3 Å². The highest BCUT2D eigenvalue weighted by Gasteiger charge is 2.13. The number of hydrogen-bond donors (Lipinski definition) is 0. The van der Waals surface area contributed by atoms with Crippen LogP contribution in [0.4, 0.5) is 0 Å². The third-order valence-electron chi connectivity index (χ3n) is 2.91. The zero-order chi connectivity index (χ0) is 13.4. The average molecular weight is 363 g/mol. The second-order valence-corrected chi connectivity index (χ2v) is 5.64. The second kappa shape index (κ2) is 8.85. The van der Waals surface area contributed by atoms with Crippen LogP contribution in [-0.4, -0.2) is 44.9 Å². The minimum atomic E-state index is 0.393. The zero-order valence-corrected chi connectivity index (χ0v) is 13.5. The first-order chi connectivity index (χ1) is 8.67. The Bertz CT molecular complexity index is 329. The fourth-order valence-electron chi connectivity index (χ4n) is 1.83. The Labute approximate surface area is 124 Å². The fourth-order valence-corrected chi connectivity index (χ4v) is 2.19. The summed E-state index contributed by atoms with van der Waals surface area (Å²) in [6.45, 7) is 5.54. The highest BCUT2D eigenvalue weighted by atomic mass is 127. The van der Waals surface area contributed by atoms with Crippen LogP contribution in [0, 0.1) is 3.57 Å². The molecule has 1 unspecified atom stereocenters. The van der Waals surface area contributed by atoms with Gasteiger partial charge in [-0.15, -0.1) is 0 Å². The minimum absolute atomic E-state index is 0.393. The molecule has 0 aliphatic rings. The first kappa shape index (κ1) is 15.9. The van der Waals surface area contributed by atoms with Gasteiger partial charge in [0.05, 0.1) is 13.2 Å². The number of benzene rings is 1. The SMILES string of the molecule is COCCN(Cc1ccc(I)cc1)C(C)COC. The van der Waals surface area contributed by atoms with Crippen molar-refractivity contribution < 1.29 is 9.47 Å². The molecule has 0 saturated heterocycles. The van der Waals surface area contributed by atoms with Crippen molar-refractivity contribution in [1.29, 1.82) is 0 Å². The van der Waals surface area contributed by atoms with Gasteiger partial charge in [-0.3, -0.25) is 4.90 Å². The van der Waals surface area contributed by atoms with Gasteiger partial charge < -0.3 is 9.47 Å². The molecule has 0 spiro atoms. The summed E-state index contributed by atoms with van der Waals surface area (Å²) in [4.78, 5) is 2.38. The minimum Gasteiger partial charge on any atom is -0.383 e. The first-order valence-electron chi connectivity index (χ1n) is 6.13. The quantitative estimate of drug-likeness (QED) is 0.663. The van der Waals surface area contributed by atoms with Crippen molar-refractivity contribution >= 4 is 22.6 Å². The summed E-state index contributed by atoms with van der Waals surface area (Å²) in [5, 5.41) is 0. The Hall–Kier alpha value is -0.170. The van der Waals surface area contributed by atoms with Crippen LogP contribution in [0.15, 0.2) is 24.3 Å². The van der Waals surface area contributed by atoms with Crippen LogP contribution >= 0.6 is 22.6 Å². The van der Waals surface area contributed by atoms with E-state index < -0.39 is 0 Å². The van der Waals surface area contributed by atoms with Gasteiger partial charge in [0.15, 0.2) is 0 Å². The molecule has 0 amide bonds. The van der Waals surface area contributed by atoms with Crippen LogP contribution in [0.5, 0.6) is 0 Å². The van der Waals surface area contributed by atoms with E-state index >= 15 is 0 Å². The van der Waals surface area contributed by atoms with Gasteiger partial charge in [0.1, 0.15) is 0 Å². The molecule has 0 saturated carbocycles. The van der Waals surface area contributed by atoms with E-state index in [2.05, 4.69) is 58.7 Å². The lowest BCUT2D eigenvalue weighted by molar-refractivity contribution is 0.0705. The van der Waals surface area contributed by atoms with Crippen LogP contribution in [0.25, 0.3) is 0 Å². The van der Waals surface area contributed by atoms with Gasteiger partial charge in [0.2, 0.25) is 0 Å². The molecular weight excluding hydrogens is 341 g/mol. The van der Waals surface area contributed by atoms with Crippen LogP contribution in [-0.2, 0) is 16.0 Å². The maximum absolute atomic E-state index is 5.24. The lowest BCUT2D eigenvalue weighted by Gasteiger charge is -2.28. The Balaban J connectivity index is 2.61. The molecule has 0 aliphatic carbocycles. The Morgan fingerprint density at radius 3 is 2.39 bits per heavy atom. The van der Waals surface area contributed by atoms with Gasteiger partial charge in [-0.05, 0) is 47.2 Å². The van der Waals surface area contributed by atoms with E-state index in [-0.39, 0.29) is 0 Å². The van der Waals surface area contributed by atoms with Gasteiger partial charge >= 0.3 is 0 Å². The number of methoxy groups -OCH3 is 2. The van der Waals surface area contributed by atoms with E-state index in [0.29, 0.717) is 6.04 Å². The maximum Gasteiger partial charge on any atom is 0.0615 e. The van der Waals surface area contributed by atoms with E-state index in [1.54, 1.807) is 14.2 Å². The van der Waals surface area contributed by atoms with Crippen molar-refractivity contribution in [2.45, 2.75) is 19.5 Å². The van der Waals surface area contributed by atoms with Crippen LogP contribution in [0.1, 0.15) is 12.5 Å². The largest absolute Gasteiger partial charge is 0.383 e. The summed E-state index contributed by atoms with van der Waals surface area (Å²) in [5.41, 5.74) is 1.33. The van der Waals surface area contributed by atoms with Gasteiger partial charge in [-0.1, -0.05) is 12.1 Å². The molecule has 1 aromatic rings. The molecule has 18 heavy (non-hydrogen) atoms. The summed E-state index contributed by atoms with van der Waals surface area (Å²) in [6.07, 6.45) is 0. The van der Waals surface area contributed by atoms with E-state index in [1.165, 1.54) is 9.13 Å². The molecule has 0 aliphatic heterocycles. The highest BCUT2D eigenvalue weighted by molar-refractivity contribution is 14.1. The molecule has 1 rings (SSSR count). The summed E-state index contributed by atoms with van der Waals surface area (Å²) in [7, 11) is 3.49. The summed E-state index contributed by atoms with van der Waals surface area (Å²) in [6, 6.07) is 9.04. The highest BCUT2D eigenvalue weighted by Crippen LogP contribution is 2.11. The third kappa shape index (κ3) is 5.65. The van der Waals surface area contributed by atoms with Gasteiger partial charge in [0.25, 0.3) is 0 Å². The molecule has 3 nitrogen and oxygen atoms in total. The lowest BCUT2D eigenvalue weighted by Crippen LogP contribution is -2.38. The van der Waals surface area contributed by atoms with Gasteiger partial charge in [-0.2, -0.15) is 0 Å². The molecule has 1 aromatic carbocycles. The van der Waals surface area contributed by atoms with E-state index in [9.17, 15) is 0 Å². The predicted octanol–water partition coefficient (Wildman–Crippen LogP) is 2.77. The molecule has 0 N–H and O–H groups in total. The Morgan fingerprint density at radius 2 is 1.83 bits per heavy atom. The number of ether oxygens (including phenoxy) is 2. The second-order valence-electron chi connectivity index (χ2n) is 4.39. The number of halogens is 1. The molecule has 0 fully saturated rings. The summed E-state index contributed by atoms with van der Waals surface area (Å²) in [5.74, 6) is 0. The van der Waals surface area contributed by atoms with Gasteiger partial charge in [-0.25, -0.2) is 0 Å². The molecule has 102 valence electrons. The molecule has 0 heterocycles. The maximum atomic E-state index is 5.24. The molecular formula is C14H22INO2. The monoisotopic (exact) mass is 363 g/mol. The van der Waals surface area contributed by atoms with Crippen LogP contribution in [0.3, 0.4) is 0 Å². The smallest absolute Gasteiger partial charge is 0.0615 e. The number of hydrogen-bond acceptors (Lipinski definition) is 3. The van der Waals surface area contributed by atoms with Crippen molar-refractivity contribution in [3.63, 3.8) is 0 Å². The molecule has 4 heteroatoms. The standard InChI is InChI=1S/C14H22INO2/c1-12(11-18-3)16(8-9-17-2)10-13-4-6-14(15)7-5-13/h4-7,12H,8-11H2,1-3H3.